The summed E-state index contributed by atoms with van der Waals surface area (Å²) in [5.74, 6) is -0.435. The summed E-state index contributed by atoms with van der Waals surface area (Å²) in [6.45, 7) is 3.72. The van der Waals surface area contributed by atoms with E-state index in [-0.39, 0.29) is 5.91 Å². The molecular formula is C21H21N3O3. The molecule has 1 aliphatic heterocycles. The minimum absolute atomic E-state index is 0.0237. The van der Waals surface area contributed by atoms with Crippen LogP contribution in [0.4, 0.5) is 0 Å². The Bertz CT molecular complexity index is 846. The fraction of sp³-hybridized carbons (Fsp3) is 0.286. The van der Waals surface area contributed by atoms with E-state index in [1.54, 1.807) is 24.3 Å². The van der Waals surface area contributed by atoms with Gasteiger partial charge in [0, 0.05) is 38.3 Å². The molecule has 0 saturated carbocycles. The maximum atomic E-state index is 12.6. The van der Waals surface area contributed by atoms with Gasteiger partial charge in [-0.05, 0) is 42.0 Å². The number of rotatable bonds is 4. The Labute approximate surface area is 158 Å². The molecule has 1 heterocycles. The third kappa shape index (κ3) is 4.52. The van der Waals surface area contributed by atoms with Crippen LogP contribution in [0, 0.1) is 11.3 Å². The Hall–Kier alpha value is -3.17. The number of benzene rings is 2. The Morgan fingerprint density at radius 3 is 2.11 bits per heavy atom. The standard InChI is InChI=1S/C21H21N3O3/c1-27-21(26)19-8-6-18(7-9-19)20(25)24-12-10-23(11-13-24)15-17-4-2-16(14-22)3-5-17/h2-9H,10-13,15H2,1H3. The molecule has 6 nitrogen and oxygen atoms in total. The zero-order valence-electron chi connectivity index (χ0n) is 15.2. The van der Waals surface area contributed by atoms with Crippen molar-refractivity contribution in [2.24, 2.45) is 0 Å². The molecule has 0 unspecified atom stereocenters. The van der Waals surface area contributed by atoms with Gasteiger partial charge in [0.1, 0.15) is 0 Å². The SMILES string of the molecule is COC(=O)c1ccc(C(=O)N2CCN(Cc3ccc(C#N)cc3)CC2)cc1. The number of carbonyl (C=O) groups is 2. The highest BCUT2D eigenvalue weighted by molar-refractivity contribution is 5.96. The molecule has 2 aromatic carbocycles. The number of hydrogen-bond donors (Lipinski definition) is 0. The number of esters is 1. The molecule has 1 aliphatic rings. The molecule has 0 radical (unpaired) electrons. The summed E-state index contributed by atoms with van der Waals surface area (Å²) in [6.07, 6.45) is 0. The average Bonchev–Trinajstić information content (AvgIpc) is 2.74. The van der Waals surface area contributed by atoms with Crippen molar-refractivity contribution >= 4 is 11.9 Å². The van der Waals surface area contributed by atoms with Crippen LogP contribution in [0.2, 0.25) is 0 Å². The van der Waals surface area contributed by atoms with E-state index in [2.05, 4.69) is 15.7 Å². The summed E-state index contributed by atoms with van der Waals surface area (Å²) in [7, 11) is 1.33. The lowest BCUT2D eigenvalue weighted by molar-refractivity contribution is 0.0596. The second-order valence-corrected chi connectivity index (χ2v) is 6.45. The van der Waals surface area contributed by atoms with Crippen LogP contribution in [0.5, 0.6) is 0 Å². The molecule has 27 heavy (non-hydrogen) atoms. The maximum Gasteiger partial charge on any atom is 0.337 e. The Morgan fingerprint density at radius 1 is 0.963 bits per heavy atom. The predicted octanol–water partition coefficient (Wildman–Crippen LogP) is 2.30. The fourth-order valence-corrected chi connectivity index (χ4v) is 3.10. The summed E-state index contributed by atoms with van der Waals surface area (Å²) >= 11 is 0. The van der Waals surface area contributed by atoms with Gasteiger partial charge >= 0.3 is 5.97 Å². The smallest absolute Gasteiger partial charge is 0.337 e. The lowest BCUT2D eigenvalue weighted by Crippen LogP contribution is -2.48. The molecule has 0 spiro atoms. The highest BCUT2D eigenvalue weighted by Crippen LogP contribution is 2.13. The molecule has 3 rings (SSSR count). The molecule has 0 N–H and O–H groups in total. The van der Waals surface area contributed by atoms with Crippen molar-refractivity contribution in [2.45, 2.75) is 6.54 Å². The molecular weight excluding hydrogens is 342 g/mol. The van der Waals surface area contributed by atoms with Crippen LogP contribution >= 0.6 is 0 Å². The maximum absolute atomic E-state index is 12.6. The minimum Gasteiger partial charge on any atom is -0.465 e. The van der Waals surface area contributed by atoms with Crippen LogP contribution in [-0.4, -0.2) is 55.0 Å². The molecule has 6 heteroatoms. The molecule has 1 amide bonds. The Kier molecular flexibility index (Phi) is 5.84. The molecule has 138 valence electrons. The number of carbonyl (C=O) groups excluding carboxylic acids is 2. The largest absolute Gasteiger partial charge is 0.465 e. The average molecular weight is 363 g/mol. The van der Waals surface area contributed by atoms with E-state index in [1.165, 1.54) is 7.11 Å². The highest BCUT2D eigenvalue weighted by Gasteiger charge is 2.22. The first kappa shape index (κ1) is 18.6. The third-order valence-electron chi connectivity index (χ3n) is 4.70. The first-order chi connectivity index (χ1) is 13.1. The Balaban J connectivity index is 1.54. The van der Waals surface area contributed by atoms with Gasteiger partial charge in [-0.2, -0.15) is 5.26 Å². The number of piperazine rings is 1. The van der Waals surface area contributed by atoms with Crippen LogP contribution in [0.3, 0.4) is 0 Å². The number of nitrogens with zero attached hydrogens (tertiary/aromatic N) is 3. The highest BCUT2D eigenvalue weighted by atomic mass is 16.5. The summed E-state index contributed by atoms with van der Waals surface area (Å²) in [6, 6.07) is 16.3. The zero-order chi connectivity index (χ0) is 19.2. The van der Waals surface area contributed by atoms with Gasteiger partial charge in [0.15, 0.2) is 0 Å². The minimum atomic E-state index is -0.412. The van der Waals surface area contributed by atoms with Crippen molar-refractivity contribution in [2.75, 3.05) is 33.3 Å². The summed E-state index contributed by atoms with van der Waals surface area (Å²) in [5.41, 5.74) is 2.82. The van der Waals surface area contributed by atoms with Crippen LogP contribution in [-0.2, 0) is 11.3 Å². The first-order valence-corrected chi connectivity index (χ1v) is 8.80. The molecule has 2 aromatic rings. The van der Waals surface area contributed by atoms with Crippen molar-refractivity contribution in [3.8, 4) is 6.07 Å². The molecule has 0 bridgehead atoms. The van der Waals surface area contributed by atoms with Gasteiger partial charge in [-0.1, -0.05) is 12.1 Å². The van der Waals surface area contributed by atoms with E-state index in [4.69, 9.17) is 5.26 Å². The van der Waals surface area contributed by atoms with Crippen molar-refractivity contribution in [3.63, 3.8) is 0 Å². The number of nitriles is 1. The summed E-state index contributed by atoms with van der Waals surface area (Å²) in [5, 5.41) is 8.86. The predicted molar refractivity (Wildman–Crippen MR) is 100 cm³/mol. The van der Waals surface area contributed by atoms with Gasteiger partial charge < -0.3 is 9.64 Å². The second-order valence-electron chi connectivity index (χ2n) is 6.45. The van der Waals surface area contributed by atoms with Gasteiger partial charge in [-0.15, -0.1) is 0 Å². The quantitative estimate of drug-likeness (QED) is 0.780. The van der Waals surface area contributed by atoms with Crippen LogP contribution in [0.25, 0.3) is 0 Å². The van der Waals surface area contributed by atoms with Crippen LogP contribution in [0.15, 0.2) is 48.5 Å². The normalized spacial score (nSPS) is 14.4. The number of methoxy groups -OCH3 is 1. The van der Waals surface area contributed by atoms with Crippen molar-refractivity contribution < 1.29 is 14.3 Å². The van der Waals surface area contributed by atoms with Crippen LogP contribution in [0.1, 0.15) is 31.8 Å². The Morgan fingerprint density at radius 2 is 1.56 bits per heavy atom. The monoisotopic (exact) mass is 363 g/mol. The van der Waals surface area contributed by atoms with Crippen molar-refractivity contribution in [3.05, 3.63) is 70.8 Å². The lowest BCUT2D eigenvalue weighted by atomic mass is 10.1. The van der Waals surface area contributed by atoms with E-state index in [0.29, 0.717) is 29.8 Å². The molecule has 0 aromatic heterocycles. The van der Waals surface area contributed by atoms with Crippen molar-refractivity contribution in [1.29, 1.82) is 5.26 Å². The molecule has 0 aliphatic carbocycles. The summed E-state index contributed by atoms with van der Waals surface area (Å²) < 4.78 is 4.67. The lowest BCUT2D eigenvalue weighted by Gasteiger charge is -2.34. The third-order valence-corrected chi connectivity index (χ3v) is 4.70. The van der Waals surface area contributed by atoms with E-state index in [1.807, 2.05) is 29.2 Å². The second kappa shape index (κ2) is 8.47. The number of amides is 1. The van der Waals surface area contributed by atoms with Gasteiger partial charge in [0.2, 0.25) is 0 Å². The fourth-order valence-electron chi connectivity index (χ4n) is 3.10. The van der Waals surface area contributed by atoms with Gasteiger partial charge in [-0.25, -0.2) is 4.79 Å². The number of ether oxygens (including phenoxy) is 1. The van der Waals surface area contributed by atoms with Gasteiger partial charge in [0.05, 0.1) is 24.3 Å². The van der Waals surface area contributed by atoms with Gasteiger partial charge in [0.25, 0.3) is 5.91 Å². The molecule has 1 saturated heterocycles. The van der Waals surface area contributed by atoms with E-state index >= 15 is 0 Å². The summed E-state index contributed by atoms with van der Waals surface area (Å²) in [4.78, 5) is 28.3. The van der Waals surface area contributed by atoms with E-state index < -0.39 is 5.97 Å². The van der Waals surface area contributed by atoms with E-state index in [0.717, 1.165) is 25.2 Å². The first-order valence-electron chi connectivity index (χ1n) is 8.80. The molecule has 0 atom stereocenters. The molecule has 1 fully saturated rings. The zero-order valence-corrected chi connectivity index (χ0v) is 15.2. The van der Waals surface area contributed by atoms with Crippen molar-refractivity contribution in [1.82, 2.24) is 9.80 Å². The van der Waals surface area contributed by atoms with Gasteiger partial charge in [-0.3, -0.25) is 9.69 Å². The topological polar surface area (TPSA) is 73.6 Å². The number of hydrogen-bond acceptors (Lipinski definition) is 5. The van der Waals surface area contributed by atoms with Crippen LogP contribution < -0.4 is 0 Å². The van der Waals surface area contributed by atoms with E-state index in [9.17, 15) is 9.59 Å².